The molecule has 1 aromatic rings. The summed E-state index contributed by atoms with van der Waals surface area (Å²) in [5, 5.41) is 17.2. The highest BCUT2D eigenvalue weighted by Gasteiger charge is 2.18. The Morgan fingerprint density at radius 2 is 2.31 bits per heavy atom. The van der Waals surface area contributed by atoms with Crippen LogP contribution in [0, 0.1) is 14.9 Å². The van der Waals surface area contributed by atoms with Crippen LogP contribution >= 0.6 is 22.6 Å². The number of hydrogen-bond donors (Lipinski definition) is 1. The van der Waals surface area contributed by atoms with Crippen LogP contribution in [0.1, 0.15) is 23.4 Å². The SMILES string of the molecule is N#Cc1cc(C(F)F)c(I)c(CC(=O)O)n1. The Hall–Kier alpha value is -1.30. The lowest BCUT2D eigenvalue weighted by atomic mass is 10.1. The van der Waals surface area contributed by atoms with Gasteiger partial charge in [0.15, 0.2) is 0 Å². The van der Waals surface area contributed by atoms with E-state index in [0.29, 0.717) is 0 Å². The number of halogens is 3. The fourth-order valence-electron chi connectivity index (χ4n) is 1.08. The second-order valence-electron chi connectivity index (χ2n) is 2.84. The summed E-state index contributed by atoms with van der Waals surface area (Å²) in [6.07, 6.45) is -3.23. The van der Waals surface area contributed by atoms with Crippen molar-refractivity contribution in [2.45, 2.75) is 12.8 Å². The maximum absolute atomic E-state index is 12.6. The van der Waals surface area contributed by atoms with E-state index in [-0.39, 0.29) is 20.5 Å². The number of carboxylic acid groups (broad SMARTS) is 1. The molecule has 0 unspecified atom stereocenters. The van der Waals surface area contributed by atoms with Gasteiger partial charge in [0.2, 0.25) is 0 Å². The van der Waals surface area contributed by atoms with E-state index < -0.39 is 18.8 Å². The first kappa shape index (κ1) is 12.8. The molecule has 84 valence electrons. The Bertz CT molecular complexity index is 471. The number of nitrogens with zero attached hydrogens (tertiary/aromatic N) is 2. The molecule has 0 aliphatic heterocycles. The highest BCUT2D eigenvalue weighted by molar-refractivity contribution is 14.1. The fourth-order valence-corrected chi connectivity index (χ4v) is 1.78. The van der Waals surface area contributed by atoms with Gasteiger partial charge >= 0.3 is 5.97 Å². The Morgan fingerprint density at radius 1 is 1.69 bits per heavy atom. The first-order valence-corrected chi connectivity index (χ1v) is 5.13. The third kappa shape index (κ3) is 2.85. The van der Waals surface area contributed by atoms with Crippen molar-refractivity contribution in [2.24, 2.45) is 0 Å². The molecule has 0 aliphatic rings. The van der Waals surface area contributed by atoms with E-state index in [0.717, 1.165) is 6.07 Å². The van der Waals surface area contributed by atoms with Gasteiger partial charge in [-0.3, -0.25) is 4.79 Å². The lowest BCUT2D eigenvalue weighted by molar-refractivity contribution is -0.136. The van der Waals surface area contributed by atoms with Gasteiger partial charge in [0, 0.05) is 9.13 Å². The fraction of sp³-hybridized carbons (Fsp3) is 0.222. The molecule has 0 aliphatic carbocycles. The monoisotopic (exact) mass is 338 g/mol. The Labute approximate surface area is 103 Å². The van der Waals surface area contributed by atoms with Crippen LogP contribution in [-0.4, -0.2) is 16.1 Å². The zero-order valence-electron chi connectivity index (χ0n) is 7.75. The first-order valence-electron chi connectivity index (χ1n) is 4.05. The van der Waals surface area contributed by atoms with E-state index in [4.69, 9.17) is 10.4 Å². The predicted octanol–water partition coefficient (Wildman–Crippen LogP) is 2.12. The van der Waals surface area contributed by atoms with Crippen molar-refractivity contribution in [1.29, 1.82) is 5.26 Å². The second kappa shape index (κ2) is 5.16. The molecule has 0 bridgehead atoms. The van der Waals surface area contributed by atoms with Crippen LogP contribution in [0.4, 0.5) is 8.78 Å². The summed E-state index contributed by atoms with van der Waals surface area (Å²) in [5.74, 6) is -1.18. The highest BCUT2D eigenvalue weighted by Crippen LogP contribution is 2.27. The summed E-state index contributed by atoms with van der Waals surface area (Å²) in [6.45, 7) is 0. The normalized spacial score (nSPS) is 10.2. The van der Waals surface area contributed by atoms with Crippen LogP contribution in [0.15, 0.2) is 6.07 Å². The lowest BCUT2D eigenvalue weighted by Gasteiger charge is -2.07. The first-order chi connectivity index (χ1) is 7.45. The molecular weight excluding hydrogens is 333 g/mol. The molecule has 0 amide bonds. The summed E-state index contributed by atoms with van der Waals surface area (Å²) >= 11 is 1.61. The van der Waals surface area contributed by atoms with E-state index in [1.54, 1.807) is 28.7 Å². The van der Waals surface area contributed by atoms with Gasteiger partial charge in [-0.05, 0) is 28.7 Å². The minimum atomic E-state index is -2.76. The Balaban J connectivity index is 3.32. The van der Waals surface area contributed by atoms with E-state index in [2.05, 4.69) is 4.98 Å². The Morgan fingerprint density at radius 3 is 2.75 bits per heavy atom. The van der Waals surface area contributed by atoms with E-state index in [1.165, 1.54) is 0 Å². The molecule has 4 nitrogen and oxygen atoms in total. The Kier molecular flexibility index (Phi) is 4.12. The van der Waals surface area contributed by atoms with Crippen molar-refractivity contribution in [2.75, 3.05) is 0 Å². The molecule has 16 heavy (non-hydrogen) atoms. The molecule has 1 N–H and O–H groups in total. The van der Waals surface area contributed by atoms with E-state index in [9.17, 15) is 13.6 Å². The molecule has 0 aromatic carbocycles. The molecule has 0 saturated carbocycles. The quantitative estimate of drug-likeness (QED) is 0.857. The van der Waals surface area contributed by atoms with Gasteiger partial charge in [-0.15, -0.1) is 0 Å². The summed E-state index contributed by atoms with van der Waals surface area (Å²) in [5.41, 5.74) is -0.571. The average molecular weight is 338 g/mol. The van der Waals surface area contributed by atoms with E-state index >= 15 is 0 Å². The minimum absolute atomic E-state index is 0.0116. The summed E-state index contributed by atoms with van der Waals surface area (Å²) in [7, 11) is 0. The molecule has 7 heteroatoms. The minimum Gasteiger partial charge on any atom is -0.481 e. The molecule has 0 spiro atoms. The molecule has 0 radical (unpaired) electrons. The molecule has 0 fully saturated rings. The van der Waals surface area contributed by atoms with Gasteiger partial charge in [-0.1, -0.05) is 0 Å². The average Bonchev–Trinajstić information content (AvgIpc) is 2.19. The van der Waals surface area contributed by atoms with Crippen molar-refractivity contribution in [3.05, 3.63) is 26.6 Å². The van der Waals surface area contributed by atoms with Crippen LogP contribution in [0.3, 0.4) is 0 Å². The molecule has 1 aromatic heterocycles. The molecule has 0 saturated heterocycles. The standard InChI is InChI=1S/C9H5F2IN2O2/c10-9(11)5-1-4(3-13)14-6(8(5)12)2-7(15)16/h1,9H,2H2,(H,15,16). The van der Waals surface area contributed by atoms with Gasteiger partial charge < -0.3 is 5.11 Å². The number of alkyl halides is 2. The number of pyridine rings is 1. The smallest absolute Gasteiger partial charge is 0.309 e. The lowest BCUT2D eigenvalue weighted by Crippen LogP contribution is -2.08. The number of nitriles is 1. The zero-order chi connectivity index (χ0) is 12.3. The molecule has 1 heterocycles. The number of hydrogen-bond acceptors (Lipinski definition) is 3. The van der Waals surface area contributed by atoms with Crippen molar-refractivity contribution < 1.29 is 18.7 Å². The van der Waals surface area contributed by atoms with Crippen LogP contribution in [0.25, 0.3) is 0 Å². The van der Waals surface area contributed by atoms with Crippen LogP contribution in [0.2, 0.25) is 0 Å². The second-order valence-corrected chi connectivity index (χ2v) is 3.92. The number of rotatable bonds is 3. The summed E-state index contributed by atoms with van der Waals surface area (Å²) in [4.78, 5) is 14.2. The van der Waals surface area contributed by atoms with Crippen molar-refractivity contribution >= 4 is 28.6 Å². The molecular formula is C9H5F2IN2O2. The highest BCUT2D eigenvalue weighted by atomic mass is 127. The van der Waals surface area contributed by atoms with Gasteiger partial charge in [-0.25, -0.2) is 13.8 Å². The maximum Gasteiger partial charge on any atom is 0.309 e. The number of carboxylic acids is 1. The van der Waals surface area contributed by atoms with Crippen molar-refractivity contribution in [3.8, 4) is 6.07 Å². The topological polar surface area (TPSA) is 74.0 Å². The van der Waals surface area contributed by atoms with Crippen LogP contribution in [0.5, 0.6) is 0 Å². The summed E-state index contributed by atoms with van der Waals surface area (Å²) in [6, 6.07) is 2.59. The number of aliphatic carboxylic acids is 1. The predicted molar refractivity (Wildman–Crippen MR) is 58.0 cm³/mol. The third-order valence-electron chi connectivity index (χ3n) is 1.72. The van der Waals surface area contributed by atoms with E-state index in [1.807, 2.05) is 0 Å². The molecule has 0 atom stereocenters. The van der Waals surface area contributed by atoms with Gasteiger partial charge in [0.05, 0.1) is 12.1 Å². The van der Waals surface area contributed by atoms with Gasteiger partial charge in [0.1, 0.15) is 11.8 Å². The van der Waals surface area contributed by atoms with Gasteiger partial charge in [-0.2, -0.15) is 5.26 Å². The maximum atomic E-state index is 12.6. The van der Waals surface area contributed by atoms with Crippen LogP contribution < -0.4 is 0 Å². The van der Waals surface area contributed by atoms with Gasteiger partial charge in [0.25, 0.3) is 6.43 Å². The summed E-state index contributed by atoms with van der Waals surface area (Å²) < 4.78 is 25.2. The number of carbonyl (C=O) groups is 1. The largest absolute Gasteiger partial charge is 0.481 e. The number of aromatic nitrogens is 1. The van der Waals surface area contributed by atoms with Crippen molar-refractivity contribution in [1.82, 2.24) is 4.98 Å². The van der Waals surface area contributed by atoms with Crippen LogP contribution in [-0.2, 0) is 11.2 Å². The molecule has 1 rings (SSSR count). The van der Waals surface area contributed by atoms with Crippen molar-refractivity contribution in [3.63, 3.8) is 0 Å². The zero-order valence-corrected chi connectivity index (χ0v) is 9.90. The third-order valence-corrected chi connectivity index (χ3v) is 2.97.